The highest BCUT2D eigenvalue weighted by Crippen LogP contribution is 2.55. The van der Waals surface area contributed by atoms with E-state index in [9.17, 15) is 9.50 Å². The van der Waals surface area contributed by atoms with Crippen LogP contribution in [-0.4, -0.2) is 25.9 Å². The van der Waals surface area contributed by atoms with Crippen molar-refractivity contribution in [2.75, 3.05) is 0 Å². The van der Waals surface area contributed by atoms with Crippen molar-refractivity contribution in [3.63, 3.8) is 0 Å². The van der Waals surface area contributed by atoms with Gasteiger partial charge in [-0.3, -0.25) is 0 Å². The second kappa shape index (κ2) is 8.27. The average Bonchev–Trinajstić information content (AvgIpc) is 3.27. The van der Waals surface area contributed by atoms with Crippen molar-refractivity contribution in [1.82, 2.24) is 9.78 Å². The second-order valence-corrected chi connectivity index (χ2v) is 9.60. The zero-order valence-electron chi connectivity index (χ0n) is 19.5. The molecule has 0 aliphatic heterocycles. The van der Waals surface area contributed by atoms with Gasteiger partial charge in [-0.25, -0.2) is 13.9 Å². The lowest BCUT2D eigenvalue weighted by atomic mass is 9.57. The third-order valence-corrected chi connectivity index (χ3v) is 7.68. The van der Waals surface area contributed by atoms with E-state index in [1.54, 1.807) is 24.3 Å². The first-order chi connectivity index (χ1) is 16.8. The Morgan fingerprint density at radius 2 is 1.91 bits per heavy atom. The molecule has 0 saturated carbocycles. The highest BCUT2D eigenvalue weighted by atomic mass is 19.1. The van der Waals surface area contributed by atoms with E-state index in [4.69, 9.17) is 22.6 Å². The van der Waals surface area contributed by atoms with E-state index in [-0.39, 0.29) is 29.2 Å². The molecule has 0 saturated heterocycles. The minimum absolute atomic E-state index is 0.0153. The van der Waals surface area contributed by atoms with Crippen LogP contribution in [-0.2, 0) is 11.8 Å². The molecule has 178 valence electrons. The third kappa shape index (κ3) is 3.46. The molecule has 7 nitrogen and oxygen atoms in total. The number of aliphatic hydroxyl groups is 1. The first-order valence-corrected chi connectivity index (χ1v) is 11.5. The number of fused-ring (bicyclic) bond motifs is 3. The highest BCUT2D eigenvalue weighted by molar-refractivity contribution is 5.97. The minimum atomic E-state index is -0.436. The summed E-state index contributed by atoms with van der Waals surface area (Å²) in [5.74, 6) is -0.114. The predicted octanol–water partition coefficient (Wildman–Crippen LogP) is 5.32. The fourth-order valence-electron chi connectivity index (χ4n) is 5.93. The van der Waals surface area contributed by atoms with Gasteiger partial charge in [0.15, 0.2) is 5.84 Å². The summed E-state index contributed by atoms with van der Waals surface area (Å²) < 4.78 is 15.6. The zero-order valence-corrected chi connectivity index (χ0v) is 19.5. The zero-order chi connectivity index (χ0) is 24.9. The third-order valence-electron chi connectivity index (χ3n) is 7.68. The molecule has 0 fully saturated rings. The van der Waals surface area contributed by atoms with Gasteiger partial charge in [0, 0.05) is 28.0 Å². The molecule has 2 aliphatic rings. The van der Waals surface area contributed by atoms with Gasteiger partial charge < -0.3 is 16.0 Å². The lowest BCUT2D eigenvalue weighted by molar-refractivity contribution is 0.133. The molecule has 2 aliphatic carbocycles. The summed E-state index contributed by atoms with van der Waals surface area (Å²) in [4.78, 5) is 3.66. The van der Waals surface area contributed by atoms with Crippen LogP contribution in [0.4, 0.5) is 4.39 Å². The van der Waals surface area contributed by atoms with Crippen LogP contribution in [0.3, 0.4) is 0 Å². The van der Waals surface area contributed by atoms with E-state index >= 15 is 0 Å². The molecule has 0 unspecified atom stereocenters. The molecule has 0 spiro atoms. The van der Waals surface area contributed by atoms with Gasteiger partial charge in [0.25, 0.3) is 0 Å². The van der Waals surface area contributed by atoms with Gasteiger partial charge in [-0.1, -0.05) is 19.0 Å². The smallest absolute Gasteiger partial charge is 0.203 e. The molecule has 0 bridgehead atoms. The fourth-order valence-corrected chi connectivity index (χ4v) is 5.93. The van der Waals surface area contributed by atoms with Crippen LogP contribution in [0, 0.1) is 24.2 Å². The highest BCUT2D eigenvalue weighted by Gasteiger charge is 2.51. The molecule has 2 aromatic carbocycles. The molecule has 4 N–H and O–H groups in total. The molecular weight excluding hydrogens is 445 g/mol. The number of nitrogens with zero attached hydrogens (tertiary/aromatic N) is 4. The summed E-state index contributed by atoms with van der Waals surface area (Å²) in [7, 11) is 0. The Labute approximate surface area is 202 Å². The number of aliphatic hydroxyl groups excluding tert-OH is 1. The number of aromatic nitrogens is 2. The molecule has 1 heterocycles. The van der Waals surface area contributed by atoms with E-state index in [0.717, 1.165) is 41.0 Å². The van der Waals surface area contributed by atoms with Crippen molar-refractivity contribution >= 4 is 5.84 Å². The maximum atomic E-state index is 13.7. The molecule has 35 heavy (non-hydrogen) atoms. The van der Waals surface area contributed by atoms with Crippen LogP contribution in [0.1, 0.15) is 43.5 Å². The summed E-state index contributed by atoms with van der Waals surface area (Å²) in [5.41, 5.74) is 10.8. The summed E-state index contributed by atoms with van der Waals surface area (Å²) in [6, 6.07) is 13.6. The number of allylic oxidation sites excluding steroid dienone is 2. The maximum absolute atomic E-state index is 13.7. The standard InChI is InChI=1S/C27H26FN5O2/c1-15-21-13-12-20-23(16-4-8-18(28)9-5-16)31-33(19-10-6-17(7-11-19)26(29)32-35)25(20)27(21,2)14-22(30-3)24(15)34/h4-11,15,21,34-35H,12-14H2,1-2H3,(H2,29,32)/t15-,21-,27-/m1/s1. The predicted molar refractivity (Wildman–Crippen MR) is 131 cm³/mol. The van der Waals surface area contributed by atoms with Crippen molar-refractivity contribution in [3.8, 4) is 16.9 Å². The second-order valence-electron chi connectivity index (χ2n) is 9.60. The molecule has 5 rings (SSSR count). The van der Waals surface area contributed by atoms with Gasteiger partial charge in [0.1, 0.15) is 5.82 Å². The van der Waals surface area contributed by atoms with E-state index < -0.39 is 5.41 Å². The van der Waals surface area contributed by atoms with Gasteiger partial charge in [-0.2, -0.15) is 5.10 Å². The van der Waals surface area contributed by atoms with E-state index in [1.165, 1.54) is 12.1 Å². The van der Waals surface area contributed by atoms with E-state index in [1.807, 2.05) is 23.7 Å². The summed E-state index contributed by atoms with van der Waals surface area (Å²) in [6.07, 6.45) is 2.03. The lowest BCUT2D eigenvalue weighted by Gasteiger charge is -2.48. The number of oxime groups is 1. The fraction of sp³-hybridized carbons (Fsp3) is 0.296. The molecule has 3 atom stereocenters. The SMILES string of the molecule is [C-]#[N+]C1=C(O)[C@H](C)[C@H]2CCc3c(-c4ccc(F)cc4)nn(-c4ccc(/C(N)=N/O)cc4)c3[C@]2(C)C1. The van der Waals surface area contributed by atoms with Crippen molar-refractivity contribution in [2.45, 2.75) is 38.5 Å². The molecule has 1 aromatic heterocycles. The number of hydrogen-bond acceptors (Lipinski definition) is 4. The van der Waals surface area contributed by atoms with E-state index in [2.05, 4.69) is 16.9 Å². The summed E-state index contributed by atoms with van der Waals surface area (Å²) in [5, 5.41) is 27.8. The molecular formula is C27H26FN5O2. The van der Waals surface area contributed by atoms with Crippen LogP contribution in [0.2, 0.25) is 0 Å². The van der Waals surface area contributed by atoms with Gasteiger partial charge in [-0.05, 0) is 73.7 Å². The number of halogens is 1. The lowest BCUT2D eigenvalue weighted by Crippen LogP contribution is -2.45. The van der Waals surface area contributed by atoms with Gasteiger partial charge in [0.2, 0.25) is 5.70 Å². The Kier molecular flexibility index (Phi) is 5.36. The number of amidine groups is 1. The molecule has 8 heteroatoms. The summed E-state index contributed by atoms with van der Waals surface area (Å²) >= 11 is 0. The van der Waals surface area contributed by atoms with Crippen LogP contribution in [0.25, 0.3) is 21.8 Å². The van der Waals surface area contributed by atoms with Crippen LogP contribution >= 0.6 is 0 Å². The van der Waals surface area contributed by atoms with Crippen LogP contribution in [0.5, 0.6) is 0 Å². The monoisotopic (exact) mass is 471 g/mol. The van der Waals surface area contributed by atoms with Gasteiger partial charge >= 0.3 is 0 Å². The van der Waals surface area contributed by atoms with Gasteiger partial charge in [-0.15, -0.1) is 0 Å². The largest absolute Gasteiger partial charge is 0.523 e. The Bertz CT molecular complexity index is 1400. The summed E-state index contributed by atoms with van der Waals surface area (Å²) in [6.45, 7) is 11.8. The minimum Gasteiger partial charge on any atom is -0.523 e. The first kappa shape index (κ1) is 22.7. The number of rotatable bonds is 3. The number of hydrogen-bond donors (Lipinski definition) is 3. The quantitative estimate of drug-likeness (QED) is 0.158. The molecule has 0 amide bonds. The van der Waals surface area contributed by atoms with Crippen molar-refractivity contribution in [2.24, 2.45) is 22.7 Å². The average molecular weight is 472 g/mol. The first-order valence-electron chi connectivity index (χ1n) is 11.5. The van der Waals surface area contributed by atoms with E-state index in [0.29, 0.717) is 17.7 Å². The molecule has 0 radical (unpaired) electrons. The van der Waals surface area contributed by atoms with Gasteiger partial charge in [0.05, 0.1) is 29.4 Å². The number of nitrogens with two attached hydrogens (primary N) is 1. The van der Waals surface area contributed by atoms with Crippen molar-refractivity contribution in [1.29, 1.82) is 0 Å². The van der Waals surface area contributed by atoms with Crippen LogP contribution < -0.4 is 5.73 Å². The molecule has 3 aromatic rings. The number of benzene rings is 2. The van der Waals surface area contributed by atoms with Crippen molar-refractivity contribution in [3.05, 3.63) is 94.0 Å². The Hall–Kier alpha value is -4.12. The normalized spacial score (nSPS) is 24.0. The van der Waals surface area contributed by atoms with Crippen LogP contribution in [0.15, 0.2) is 65.1 Å². The Morgan fingerprint density at radius 1 is 1.23 bits per heavy atom. The maximum Gasteiger partial charge on any atom is 0.203 e. The Morgan fingerprint density at radius 3 is 2.54 bits per heavy atom. The van der Waals surface area contributed by atoms with Crippen molar-refractivity contribution < 1.29 is 14.7 Å². The topological polar surface area (TPSA) is 101 Å². The Balaban J connectivity index is 1.74.